The van der Waals surface area contributed by atoms with Gasteiger partial charge in [0.2, 0.25) is 0 Å². The number of ether oxygens (including phenoxy) is 7. The summed E-state index contributed by atoms with van der Waals surface area (Å²) in [6.07, 6.45) is 44.7. The third-order valence-electron chi connectivity index (χ3n) is 25.6. The molecule has 0 aromatic heterocycles. The second-order valence-corrected chi connectivity index (χ2v) is 36.8. The molecule has 2 fully saturated rings. The lowest BCUT2D eigenvalue weighted by atomic mass is 9.80. The number of aldehydes is 1. The van der Waals surface area contributed by atoms with E-state index in [-0.39, 0.29) is 37.6 Å². The highest BCUT2D eigenvalue weighted by Crippen LogP contribution is 2.44. The van der Waals surface area contributed by atoms with Crippen molar-refractivity contribution in [3.05, 3.63) is 395 Å². The highest BCUT2D eigenvalue weighted by Gasteiger charge is 2.42. The third kappa shape index (κ3) is 43.5. The van der Waals surface area contributed by atoms with Crippen LogP contribution in [0.5, 0.6) is 0 Å². The molecule has 0 saturated carbocycles. The molecule has 12 heteroatoms. The van der Waals surface area contributed by atoms with Crippen molar-refractivity contribution in [3.8, 4) is 0 Å². The first-order valence-corrected chi connectivity index (χ1v) is 52.6. The zero-order chi connectivity index (χ0) is 96.7. The summed E-state index contributed by atoms with van der Waals surface area (Å²) in [6, 6.07) is 114. The molecule has 11 aromatic rings. The summed E-state index contributed by atoms with van der Waals surface area (Å²) < 4.78 is 41.5. The Hall–Kier alpha value is -9.35. The minimum absolute atomic E-state index is 0.00898. The molecule has 0 amide bonds. The van der Waals surface area contributed by atoms with E-state index in [1.807, 2.05) is 103 Å². The van der Waals surface area contributed by atoms with Gasteiger partial charge in [-0.2, -0.15) is 0 Å². The van der Waals surface area contributed by atoms with Crippen LogP contribution >= 0.6 is 0 Å². The number of benzene rings is 11. The summed E-state index contributed by atoms with van der Waals surface area (Å²) in [6.45, 7) is 13.2. The fourth-order valence-electron chi connectivity index (χ4n) is 17.5. The Kier molecular flexibility index (Phi) is 58.6. The van der Waals surface area contributed by atoms with Gasteiger partial charge >= 0.3 is 0 Å². The largest absolute Gasteiger partial charge is 0.394 e. The first kappa shape index (κ1) is 113. The van der Waals surface area contributed by atoms with Crippen molar-refractivity contribution in [2.45, 2.75) is 325 Å². The normalized spacial score (nSPS) is 14.0. The second kappa shape index (κ2) is 71.1. The molecule has 0 unspecified atom stereocenters. The van der Waals surface area contributed by atoms with Crippen molar-refractivity contribution >= 4 is 6.29 Å². The Morgan fingerprint density at radius 3 is 0.730 bits per heavy atom. The lowest BCUT2D eigenvalue weighted by Gasteiger charge is -2.36. The van der Waals surface area contributed by atoms with Gasteiger partial charge in [0.25, 0.3) is 0 Å². The van der Waals surface area contributed by atoms with E-state index >= 15 is 0 Å². The smallest absolute Gasteiger partial charge is 0.148 e. The molecule has 2 heterocycles. The van der Waals surface area contributed by atoms with Crippen LogP contribution in [0.2, 0.25) is 0 Å². The number of hydrogen-bond donors (Lipinski definition) is 4. The number of carbonyl (C=O) groups excluding carboxylic acids is 1. The zero-order valence-electron chi connectivity index (χ0n) is 83.7. The average molecular weight is 1860 g/mol. The van der Waals surface area contributed by atoms with Crippen LogP contribution in [0.3, 0.4) is 0 Å². The summed E-state index contributed by atoms with van der Waals surface area (Å²) in [5.74, 6) is 0. The van der Waals surface area contributed by atoms with Crippen molar-refractivity contribution in [2.75, 3.05) is 46.2 Å². The number of epoxide rings is 2. The number of aliphatic hydroxyl groups excluding tert-OH is 4. The molecule has 6 atom stereocenters. The molecule has 12 nitrogen and oxygen atoms in total. The van der Waals surface area contributed by atoms with E-state index in [1.54, 1.807) is 0 Å². The van der Waals surface area contributed by atoms with Crippen molar-refractivity contribution in [3.63, 3.8) is 0 Å². The standard InChI is InChI=1S/2C31H40O2.C22H20O2.C19H32O2.C19H30O2.C3H6O2/c2*1-2-3-4-5-6-7-8-18-25-30(32)26-33-31(27-19-12-9-13-20-27,28-21-14-10-15-22-28)29-23-16-11-17-24-29;1-4-10-18(11-5-1)22(24-17-21-16-23-21,19-12-6-2-7-13-19)20-14-8-3-9-15-20;2*1-2-3-4-5-6-7-8-12-15-19(16-20)21-17-18-13-10-9-11-14-18;4-1-3-2-5-3/h2*9-17,19-24,30,32H,2-8,18,25-26H2,1H3;1-15,21H,16-17H2;9-11,13-14,19-20H,2-8,12,15-17H2,1H3;9-11,13-14,16,19H,2-8,12,15,17H2,1H3;3-4H,1-2H2/t2*30-;21-;2*19-;3-/m000001/s1. The predicted molar refractivity (Wildman–Crippen MR) is 566 cm³/mol. The van der Waals surface area contributed by atoms with Gasteiger partial charge in [0, 0.05) is 0 Å². The third-order valence-corrected chi connectivity index (χ3v) is 25.6. The number of hydrogen-bond acceptors (Lipinski definition) is 12. The Morgan fingerprint density at radius 1 is 0.285 bits per heavy atom. The maximum Gasteiger partial charge on any atom is 0.148 e. The molecule has 137 heavy (non-hydrogen) atoms. The van der Waals surface area contributed by atoms with Gasteiger partial charge in [0.1, 0.15) is 41.4 Å². The van der Waals surface area contributed by atoms with Crippen molar-refractivity contribution in [2.24, 2.45) is 0 Å². The van der Waals surface area contributed by atoms with Crippen molar-refractivity contribution in [1.82, 2.24) is 0 Å². The van der Waals surface area contributed by atoms with Gasteiger partial charge < -0.3 is 58.4 Å². The average Bonchev–Trinajstić information content (AvgIpc) is 1.51. The predicted octanol–water partition coefficient (Wildman–Crippen LogP) is 29.9. The molecule has 0 aliphatic carbocycles. The van der Waals surface area contributed by atoms with Crippen LogP contribution in [0, 0.1) is 0 Å². The molecule has 13 rings (SSSR count). The van der Waals surface area contributed by atoms with Gasteiger partial charge in [-0.1, -0.05) is 567 Å². The van der Waals surface area contributed by atoms with E-state index < -0.39 is 29.0 Å². The number of unbranched alkanes of at least 4 members (excludes halogenated alkanes) is 28. The zero-order valence-corrected chi connectivity index (χ0v) is 83.7. The van der Waals surface area contributed by atoms with Crippen LogP contribution in [0.15, 0.2) is 334 Å². The van der Waals surface area contributed by atoms with E-state index in [0.29, 0.717) is 33.0 Å². The molecule has 2 saturated heterocycles. The first-order chi connectivity index (χ1) is 67.6. The highest BCUT2D eigenvalue weighted by atomic mass is 16.6. The molecule has 0 radical (unpaired) electrons. The Balaban J connectivity index is 0.000000210. The van der Waals surface area contributed by atoms with Crippen LogP contribution in [0.4, 0.5) is 0 Å². The molecule has 4 N–H and O–H groups in total. The molecule has 0 bridgehead atoms. The maximum absolute atomic E-state index is 11.0. The van der Waals surface area contributed by atoms with E-state index in [4.69, 9.17) is 33.5 Å². The SMILES string of the molecule is CCCCCCCCCC[C@@H](C=O)OCc1ccccc1.CCCCCCCCCC[C@@H](CO)OCc1ccccc1.CCCCCCCCCC[C@H](O)COC(c1ccccc1)(c1ccccc1)c1ccccc1.CCCCCCCCCC[C@H](O)COC(c1ccccc1)(c1ccccc1)c1ccccc1.OC[C@@H]1CO1.c1ccc(C(OC[C@@H]2CO2)(c2ccccc2)c2ccccc2)cc1. The number of rotatable bonds is 63. The summed E-state index contributed by atoms with van der Waals surface area (Å²) >= 11 is 0. The lowest BCUT2D eigenvalue weighted by molar-refractivity contribution is -0.119. The van der Waals surface area contributed by atoms with Gasteiger partial charge in [0.15, 0.2) is 0 Å². The van der Waals surface area contributed by atoms with Gasteiger partial charge in [-0.3, -0.25) is 0 Å². The summed E-state index contributed by atoms with van der Waals surface area (Å²) in [5.41, 5.74) is 9.96. The molecule has 2 aliphatic heterocycles. The van der Waals surface area contributed by atoms with E-state index in [9.17, 15) is 20.1 Å². The summed E-state index contributed by atoms with van der Waals surface area (Å²) in [7, 11) is 0. The van der Waals surface area contributed by atoms with Crippen LogP contribution < -0.4 is 0 Å². The Bertz CT molecular complexity index is 4170. The molecule has 0 spiro atoms. The molecule has 11 aromatic carbocycles. The maximum atomic E-state index is 11.0. The Labute approximate surface area is 826 Å². The van der Waals surface area contributed by atoms with Crippen LogP contribution in [-0.4, -0.2) is 110 Å². The van der Waals surface area contributed by atoms with Gasteiger partial charge in [-0.15, -0.1) is 0 Å². The first-order valence-electron chi connectivity index (χ1n) is 52.6. The van der Waals surface area contributed by atoms with Gasteiger partial charge in [0.05, 0.1) is 77.8 Å². The minimum atomic E-state index is -0.760. The van der Waals surface area contributed by atoms with E-state index in [0.717, 1.165) is 127 Å². The molecular formula is C125H168O12. The van der Waals surface area contributed by atoms with E-state index in [2.05, 4.69) is 263 Å². The lowest BCUT2D eigenvalue weighted by Crippen LogP contribution is -2.35. The second-order valence-electron chi connectivity index (χ2n) is 36.8. The topological polar surface area (TPSA) is 169 Å². The van der Waals surface area contributed by atoms with Crippen molar-refractivity contribution in [1.29, 1.82) is 0 Å². The fourth-order valence-corrected chi connectivity index (χ4v) is 17.5. The number of carbonyl (C=O) groups is 1. The van der Waals surface area contributed by atoms with E-state index in [1.165, 1.54) is 185 Å². The quantitative estimate of drug-likeness (QED) is 0.0123. The fraction of sp³-hybridized carbons (Fsp3) is 0.464. The van der Waals surface area contributed by atoms with Gasteiger partial charge in [-0.25, -0.2) is 0 Å². The molecule has 2 aliphatic rings. The van der Waals surface area contributed by atoms with Gasteiger partial charge in [-0.05, 0) is 86.9 Å². The molecule has 740 valence electrons. The molecular weight excluding hydrogens is 1690 g/mol. The number of aliphatic hydroxyl groups is 4. The highest BCUT2D eigenvalue weighted by molar-refractivity contribution is 5.56. The Morgan fingerprint density at radius 2 is 0.504 bits per heavy atom. The minimum Gasteiger partial charge on any atom is -0.394 e. The van der Waals surface area contributed by atoms with Crippen LogP contribution in [-0.2, 0) is 68.0 Å². The summed E-state index contributed by atoms with van der Waals surface area (Å²) in [5, 5.41) is 39.1. The van der Waals surface area contributed by atoms with Crippen molar-refractivity contribution < 1.29 is 58.4 Å². The van der Waals surface area contributed by atoms with Crippen LogP contribution in [0.1, 0.15) is 320 Å². The summed E-state index contributed by atoms with van der Waals surface area (Å²) in [4.78, 5) is 11.0. The van der Waals surface area contributed by atoms with Crippen LogP contribution in [0.25, 0.3) is 0 Å². The monoisotopic (exact) mass is 1860 g/mol.